The number of aromatic amines is 1. The van der Waals surface area contributed by atoms with Crippen LogP contribution in [0, 0.1) is 0 Å². The van der Waals surface area contributed by atoms with E-state index < -0.39 is 0 Å². The van der Waals surface area contributed by atoms with Crippen molar-refractivity contribution in [2.75, 3.05) is 0 Å². The Balaban J connectivity index is 2.77. The Labute approximate surface area is 77.5 Å². The first-order chi connectivity index (χ1) is 5.65. The van der Waals surface area contributed by atoms with Crippen molar-refractivity contribution in [2.24, 2.45) is 0 Å². The van der Waals surface area contributed by atoms with Crippen molar-refractivity contribution >= 4 is 11.6 Å². The lowest BCUT2D eigenvalue weighted by Gasteiger charge is -2.00. The summed E-state index contributed by atoms with van der Waals surface area (Å²) >= 11 is 5.83. The molecule has 0 radical (unpaired) electrons. The van der Waals surface area contributed by atoms with E-state index in [-0.39, 0.29) is 5.38 Å². The molecule has 0 aliphatic carbocycles. The van der Waals surface area contributed by atoms with E-state index in [2.05, 4.69) is 29.0 Å². The minimum Gasteiger partial charge on any atom is -0.262 e. The molecule has 1 heterocycles. The summed E-state index contributed by atoms with van der Waals surface area (Å²) in [7, 11) is 0. The average Bonchev–Trinajstić information content (AvgIpc) is 2.51. The van der Waals surface area contributed by atoms with Gasteiger partial charge in [0.05, 0.1) is 5.38 Å². The fourth-order valence-electron chi connectivity index (χ4n) is 0.869. The van der Waals surface area contributed by atoms with Gasteiger partial charge in [0.1, 0.15) is 5.82 Å². The van der Waals surface area contributed by atoms with Gasteiger partial charge in [-0.15, -0.1) is 11.6 Å². The fraction of sp³-hybridized carbons (Fsp3) is 0.750. The lowest BCUT2D eigenvalue weighted by atomic mass is 10.1. The molecule has 1 aromatic rings. The lowest BCUT2D eigenvalue weighted by molar-refractivity contribution is 0.682. The number of H-pyrrole nitrogens is 1. The molecule has 1 rings (SSSR count). The minimum atomic E-state index is -0.0877. The molecule has 12 heavy (non-hydrogen) atoms. The highest BCUT2D eigenvalue weighted by Crippen LogP contribution is 2.18. The Morgan fingerprint density at radius 1 is 1.50 bits per heavy atom. The zero-order chi connectivity index (χ0) is 9.14. The smallest absolute Gasteiger partial charge is 0.153 e. The number of hydrogen-bond acceptors (Lipinski definition) is 2. The molecular weight excluding hydrogens is 174 g/mol. The van der Waals surface area contributed by atoms with Crippen molar-refractivity contribution in [1.82, 2.24) is 15.2 Å². The maximum Gasteiger partial charge on any atom is 0.153 e. The highest BCUT2D eigenvalue weighted by molar-refractivity contribution is 6.20. The topological polar surface area (TPSA) is 41.6 Å². The summed E-state index contributed by atoms with van der Waals surface area (Å²) in [6.45, 7) is 6.10. The highest BCUT2D eigenvalue weighted by atomic mass is 35.5. The maximum absolute atomic E-state index is 5.83. The summed E-state index contributed by atoms with van der Waals surface area (Å²) in [4.78, 5) is 4.28. The maximum atomic E-state index is 5.83. The van der Waals surface area contributed by atoms with E-state index in [1.165, 1.54) is 0 Å². The molecule has 0 aliphatic rings. The molecule has 1 aromatic heterocycles. The molecule has 2 atom stereocenters. The molecule has 0 fully saturated rings. The average molecular weight is 188 g/mol. The molecule has 0 saturated carbocycles. The van der Waals surface area contributed by atoms with E-state index in [1.54, 1.807) is 0 Å². The van der Waals surface area contributed by atoms with Gasteiger partial charge >= 0.3 is 0 Å². The third-order valence-corrected chi connectivity index (χ3v) is 2.16. The predicted octanol–water partition coefficient (Wildman–Crippen LogP) is 2.62. The Morgan fingerprint density at radius 3 is 2.58 bits per heavy atom. The molecular formula is C8H14ClN3. The van der Waals surface area contributed by atoms with Gasteiger partial charge in [-0.3, -0.25) is 5.10 Å². The Hall–Kier alpha value is -0.570. The van der Waals surface area contributed by atoms with Gasteiger partial charge in [-0.25, -0.2) is 4.98 Å². The van der Waals surface area contributed by atoms with E-state index in [1.807, 2.05) is 6.92 Å². The van der Waals surface area contributed by atoms with Crippen LogP contribution in [0.4, 0.5) is 0 Å². The first kappa shape index (κ1) is 9.52. The number of nitrogens with zero attached hydrogens (tertiary/aromatic N) is 2. The van der Waals surface area contributed by atoms with Crippen LogP contribution in [0.1, 0.15) is 50.1 Å². The van der Waals surface area contributed by atoms with Gasteiger partial charge in [0.2, 0.25) is 0 Å². The standard InChI is InChI=1S/C8H14ClN3/c1-4-5(2)7-10-8(6(3)9)12-11-7/h5-6H,4H2,1-3H3,(H,10,11,12). The van der Waals surface area contributed by atoms with E-state index in [9.17, 15) is 0 Å². The fourth-order valence-corrected chi connectivity index (χ4v) is 0.966. The van der Waals surface area contributed by atoms with Gasteiger partial charge in [0.15, 0.2) is 5.82 Å². The van der Waals surface area contributed by atoms with Crippen molar-refractivity contribution in [1.29, 1.82) is 0 Å². The SMILES string of the molecule is CCC(C)c1n[nH]c(C(C)Cl)n1. The molecule has 68 valence electrons. The van der Waals surface area contributed by atoms with Crippen LogP contribution in [-0.4, -0.2) is 15.2 Å². The molecule has 0 spiro atoms. The molecule has 3 nitrogen and oxygen atoms in total. The third-order valence-electron chi connectivity index (χ3n) is 1.95. The van der Waals surface area contributed by atoms with Crippen LogP contribution < -0.4 is 0 Å². The molecule has 4 heteroatoms. The summed E-state index contributed by atoms with van der Waals surface area (Å²) in [5.74, 6) is 2.03. The van der Waals surface area contributed by atoms with Crippen LogP contribution in [0.3, 0.4) is 0 Å². The largest absolute Gasteiger partial charge is 0.262 e. The van der Waals surface area contributed by atoms with Crippen molar-refractivity contribution in [2.45, 2.75) is 38.5 Å². The first-order valence-corrected chi connectivity index (χ1v) is 4.65. The number of nitrogens with one attached hydrogen (secondary N) is 1. The zero-order valence-corrected chi connectivity index (χ0v) is 8.39. The number of aromatic nitrogens is 3. The molecule has 0 bridgehead atoms. The molecule has 0 aromatic carbocycles. The second kappa shape index (κ2) is 3.90. The summed E-state index contributed by atoms with van der Waals surface area (Å²) in [6.07, 6.45) is 1.05. The summed E-state index contributed by atoms with van der Waals surface area (Å²) in [5, 5.41) is 6.83. The quantitative estimate of drug-likeness (QED) is 0.740. The van der Waals surface area contributed by atoms with E-state index in [0.717, 1.165) is 18.1 Å². The second-order valence-electron chi connectivity index (χ2n) is 3.00. The van der Waals surface area contributed by atoms with Crippen LogP contribution in [0.2, 0.25) is 0 Å². The van der Waals surface area contributed by atoms with Crippen molar-refractivity contribution in [3.05, 3.63) is 11.6 Å². The second-order valence-corrected chi connectivity index (χ2v) is 3.66. The van der Waals surface area contributed by atoms with E-state index >= 15 is 0 Å². The van der Waals surface area contributed by atoms with Crippen LogP contribution >= 0.6 is 11.6 Å². The first-order valence-electron chi connectivity index (χ1n) is 4.21. The molecule has 0 aliphatic heterocycles. The zero-order valence-electron chi connectivity index (χ0n) is 7.63. The van der Waals surface area contributed by atoms with Crippen LogP contribution in [-0.2, 0) is 0 Å². The Morgan fingerprint density at radius 2 is 2.17 bits per heavy atom. The normalized spacial score (nSPS) is 16.0. The van der Waals surface area contributed by atoms with E-state index in [4.69, 9.17) is 11.6 Å². The van der Waals surface area contributed by atoms with Crippen LogP contribution in [0.25, 0.3) is 0 Å². The van der Waals surface area contributed by atoms with Crippen LogP contribution in [0.15, 0.2) is 0 Å². The Kier molecular flexibility index (Phi) is 3.09. The van der Waals surface area contributed by atoms with E-state index in [0.29, 0.717) is 5.92 Å². The van der Waals surface area contributed by atoms with Crippen molar-refractivity contribution in [3.63, 3.8) is 0 Å². The Bertz CT molecular complexity index is 244. The monoisotopic (exact) mass is 187 g/mol. The van der Waals surface area contributed by atoms with Crippen LogP contribution in [0.5, 0.6) is 0 Å². The summed E-state index contributed by atoms with van der Waals surface area (Å²) in [5.41, 5.74) is 0. The van der Waals surface area contributed by atoms with Gasteiger partial charge in [0, 0.05) is 5.92 Å². The van der Waals surface area contributed by atoms with Gasteiger partial charge < -0.3 is 0 Å². The minimum absolute atomic E-state index is 0.0877. The van der Waals surface area contributed by atoms with Crippen molar-refractivity contribution in [3.8, 4) is 0 Å². The summed E-state index contributed by atoms with van der Waals surface area (Å²) < 4.78 is 0. The van der Waals surface area contributed by atoms with Gasteiger partial charge in [-0.1, -0.05) is 13.8 Å². The molecule has 0 amide bonds. The number of rotatable bonds is 3. The summed E-state index contributed by atoms with van der Waals surface area (Å²) in [6, 6.07) is 0. The lowest BCUT2D eigenvalue weighted by Crippen LogP contribution is -1.94. The molecule has 2 unspecified atom stereocenters. The van der Waals surface area contributed by atoms with Gasteiger partial charge in [-0.05, 0) is 13.3 Å². The highest BCUT2D eigenvalue weighted by Gasteiger charge is 2.11. The predicted molar refractivity (Wildman–Crippen MR) is 49.4 cm³/mol. The molecule has 1 N–H and O–H groups in total. The van der Waals surface area contributed by atoms with Crippen molar-refractivity contribution < 1.29 is 0 Å². The number of hydrogen-bond donors (Lipinski definition) is 1. The third kappa shape index (κ3) is 1.97. The molecule has 0 saturated heterocycles. The number of halogens is 1. The van der Waals surface area contributed by atoms with Gasteiger partial charge in [-0.2, -0.15) is 5.10 Å². The number of alkyl halides is 1. The van der Waals surface area contributed by atoms with Gasteiger partial charge in [0.25, 0.3) is 0 Å².